The van der Waals surface area contributed by atoms with E-state index in [0.717, 1.165) is 49.0 Å². The molecule has 1 atom stereocenters. The summed E-state index contributed by atoms with van der Waals surface area (Å²) >= 11 is 0. The maximum absolute atomic E-state index is 10.6. The van der Waals surface area contributed by atoms with E-state index in [2.05, 4.69) is 25.7 Å². The Bertz CT molecular complexity index is 896. The predicted molar refractivity (Wildman–Crippen MR) is 97.3 cm³/mol. The fourth-order valence-corrected chi connectivity index (χ4v) is 3.77. The van der Waals surface area contributed by atoms with Gasteiger partial charge in [-0.05, 0) is 24.5 Å². The van der Waals surface area contributed by atoms with Crippen LogP contribution in [0.5, 0.6) is 0 Å². The lowest BCUT2D eigenvalue weighted by Crippen LogP contribution is -2.34. The van der Waals surface area contributed by atoms with Crippen molar-refractivity contribution in [2.75, 3.05) is 6.54 Å². The lowest BCUT2D eigenvalue weighted by atomic mass is 10.1. The fourth-order valence-electron chi connectivity index (χ4n) is 3.77. The number of fused-ring (bicyclic) bond motifs is 1. The van der Waals surface area contributed by atoms with Gasteiger partial charge in [0.05, 0.1) is 24.5 Å². The molecule has 6 heteroatoms. The lowest BCUT2D eigenvalue weighted by molar-refractivity contribution is 0.195. The second kappa shape index (κ2) is 6.37. The largest absolute Gasteiger partial charge is 0.382 e. The summed E-state index contributed by atoms with van der Waals surface area (Å²) in [5.41, 5.74) is 2.77. The van der Waals surface area contributed by atoms with E-state index in [1.807, 2.05) is 47.3 Å². The molecule has 0 spiro atoms. The van der Waals surface area contributed by atoms with Gasteiger partial charge in [0, 0.05) is 31.5 Å². The summed E-state index contributed by atoms with van der Waals surface area (Å²) < 4.78 is 4.36. The van der Waals surface area contributed by atoms with E-state index in [1.165, 1.54) is 12.8 Å². The van der Waals surface area contributed by atoms with Gasteiger partial charge < -0.3 is 9.67 Å². The highest BCUT2D eigenvalue weighted by molar-refractivity contribution is 5.27. The van der Waals surface area contributed by atoms with Crippen LogP contribution < -0.4 is 0 Å². The molecule has 1 N–H and O–H groups in total. The molecule has 1 saturated carbocycles. The van der Waals surface area contributed by atoms with Crippen molar-refractivity contribution in [3.63, 3.8) is 0 Å². The van der Waals surface area contributed by atoms with Crippen LogP contribution in [0.4, 0.5) is 0 Å². The summed E-state index contributed by atoms with van der Waals surface area (Å²) in [7, 11) is 0. The molecular weight excluding hydrogens is 326 g/mol. The van der Waals surface area contributed by atoms with Crippen LogP contribution in [-0.2, 0) is 19.6 Å². The average Bonchev–Trinajstić information content (AvgIpc) is 3.26. The molecule has 1 aliphatic heterocycles. The van der Waals surface area contributed by atoms with Crippen LogP contribution >= 0.6 is 0 Å². The third-order valence-corrected chi connectivity index (χ3v) is 5.35. The molecule has 1 aromatic carbocycles. The van der Waals surface area contributed by atoms with Crippen molar-refractivity contribution in [2.24, 2.45) is 0 Å². The maximum Gasteiger partial charge on any atom is 0.123 e. The topological polar surface area (TPSA) is 59.1 Å². The molecule has 1 aliphatic carbocycles. The van der Waals surface area contributed by atoms with Crippen molar-refractivity contribution in [3.8, 4) is 0 Å². The van der Waals surface area contributed by atoms with Gasteiger partial charge in [-0.1, -0.05) is 30.3 Å². The third kappa shape index (κ3) is 2.95. The Kier molecular flexibility index (Phi) is 3.87. The number of hydrogen-bond donors (Lipinski definition) is 1. The number of aliphatic hydroxyl groups excluding tert-OH is 1. The molecule has 3 aromatic rings. The predicted octanol–water partition coefficient (Wildman–Crippen LogP) is 2.51. The molecule has 1 fully saturated rings. The van der Waals surface area contributed by atoms with Crippen LogP contribution in [0.2, 0.25) is 0 Å². The minimum absolute atomic E-state index is 0.662. The van der Waals surface area contributed by atoms with Gasteiger partial charge in [-0.15, -0.1) is 0 Å². The summed E-state index contributed by atoms with van der Waals surface area (Å²) in [6.45, 7) is 3.51. The number of imidazole rings is 1. The molecule has 6 nitrogen and oxygen atoms in total. The molecule has 1 unspecified atom stereocenters. The zero-order valence-electron chi connectivity index (χ0n) is 14.7. The first-order valence-corrected chi connectivity index (χ1v) is 9.31. The SMILES string of the molecule is OC(c1ccccc1)c1cc2n(n1)CCN(Cc1nccn1C1CC1)C2. The summed E-state index contributed by atoms with van der Waals surface area (Å²) in [5, 5.41) is 15.2. The number of benzene rings is 1. The first kappa shape index (κ1) is 15.8. The number of aromatic nitrogens is 4. The van der Waals surface area contributed by atoms with Gasteiger partial charge >= 0.3 is 0 Å². The van der Waals surface area contributed by atoms with Crippen LogP contribution in [0, 0.1) is 0 Å². The Labute approximate surface area is 152 Å². The summed E-state index contributed by atoms with van der Waals surface area (Å²) in [5.74, 6) is 1.16. The summed E-state index contributed by atoms with van der Waals surface area (Å²) in [6, 6.07) is 12.4. The summed E-state index contributed by atoms with van der Waals surface area (Å²) in [4.78, 5) is 6.97. The zero-order valence-corrected chi connectivity index (χ0v) is 14.7. The maximum atomic E-state index is 10.6. The highest BCUT2D eigenvalue weighted by Crippen LogP contribution is 2.35. The molecule has 3 heterocycles. The fraction of sp³-hybridized carbons (Fsp3) is 0.400. The zero-order chi connectivity index (χ0) is 17.5. The third-order valence-electron chi connectivity index (χ3n) is 5.35. The van der Waals surface area contributed by atoms with Crippen molar-refractivity contribution in [1.29, 1.82) is 0 Å². The van der Waals surface area contributed by atoms with E-state index in [9.17, 15) is 5.11 Å². The van der Waals surface area contributed by atoms with E-state index in [0.29, 0.717) is 6.04 Å². The van der Waals surface area contributed by atoms with Crippen LogP contribution in [0.3, 0.4) is 0 Å². The molecule has 0 amide bonds. The molecule has 2 aliphatic rings. The summed E-state index contributed by atoms with van der Waals surface area (Å²) in [6.07, 6.45) is 5.90. The first-order valence-electron chi connectivity index (χ1n) is 9.31. The molecule has 5 rings (SSSR count). The smallest absolute Gasteiger partial charge is 0.123 e. The van der Waals surface area contributed by atoms with E-state index < -0.39 is 6.10 Å². The first-order chi connectivity index (χ1) is 12.8. The van der Waals surface area contributed by atoms with Gasteiger partial charge in [-0.3, -0.25) is 9.58 Å². The number of aliphatic hydroxyl groups is 1. The Morgan fingerprint density at radius 2 is 2.00 bits per heavy atom. The highest BCUT2D eigenvalue weighted by Gasteiger charge is 2.27. The van der Waals surface area contributed by atoms with Crippen molar-refractivity contribution in [3.05, 3.63) is 71.6 Å². The molecule has 0 saturated heterocycles. The van der Waals surface area contributed by atoms with Crippen LogP contribution in [-0.4, -0.2) is 35.9 Å². The standard InChI is InChI=1S/C20H23N5O/c26-20(15-4-2-1-3-5-15)18-12-17-13-23(10-11-25(17)22-18)14-19-21-8-9-24(19)16-6-7-16/h1-5,8-9,12,16,20,26H,6-7,10-11,13-14H2. The minimum Gasteiger partial charge on any atom is -0.382 e. The van der Waals surface area contributed by atoms with Crippen LogP contribution in [0.1, 0.15) is 47.8 Å². The van der Waals surface area contributed by atoms with Gasteiger partial charge in [0.1, 0.15) is 11.9 Å². The highest BCUT2D eigenvalue weighted by atomic mass is 16.3. The molecule has 26 heavy (non-hydrogen) atoms. The van der Waals surface area contributed by atoms with Gasteiger partial charge in [0.2, 0.25) is 0 Å². The Hall–Kier alpha value is -2.44. The van der Waals surface area contributed by atoms with E-state index in [4.69, 9.17) is 0 Å². The average molecular weight is 349 g/mol. The van der Waals surface area contributed by atoms with Crippen LogP contribution in [0.25, 0.3) is 0 Å². The molecular formula is C20H23N5O. The van der Waals surface area contributed by atoms with E-state index in [1.54, 1.807) is 0 Å². The van der Waals surface area contributed by atoms with E-state index >= 15 is 0 Å². The monoisotopic (exact) mass is 349 g/mol. The number of hydrogen-bond acceptors (Lipinski definition) is 4. The Morgan fingerprint density at radius 3 is 2.81 bits per heavy atom. The van der Waals surface area contributed by atoms with Crippen molar-refractivity contribution in [1.82, 2.24) is 24.2 Å². The molecule has 0 radical (unpaired) electrons. The van der Waals surface area contributed by atoms with Gasteiger partial charge in [-0.25, -0.2) is 4.98 Å². The van der Waals surface area contributed by atoms with Crippen molar-refractivity contribution < 1.29 is 5.11 Å². The van der Waals surface area contributed by atoms with E-state index in [-0.39, 0.29) is 0 Å². The van der Waals surface area contributed by atoms with Crippen molar-refractivity contribution >= 4 is 0 Å². The van der Waals surface area contributed by atoms with Gasteiger partial charge in [0.25, 0.3) is 0 Å². The van der Waals surface area contributed by atoms with Gasteiger partial charge in [-0.2, -0.15) is 5.10 Å². The van der Waals surface area contributed by atoms with Crippen LogP contribution in [0.15, 0.2) is 48.8 Å². The second-order valence-electron chi connectivity index (χ2n) is 7.29. The molecule has 134 valence electrons. The van der Waals surface area contributed by atoms with Crippen molar-refractivity contribution in [2.45, 2.75) is 44.6 Å². The Balaban J connectivity index is 1.32. The molecule has 2 aromatic heterocycles. The second-order valence-corrected chi connectivity index (χ2v) is 7.29. The lowest BCUT2D eigenvalue weighted by Gasteiger charge is -2.27. The molecule has 0 bridgehead atoms. The quantitative estimate of drug-likeness (QED) is 0.769. The normalized spacial score (nSPS) is 18.7. The number of nitrogens with zero attached hydrogens (tertiary/aromatic N) is 5. The van der Waals surface area contributed by atoms with Gasteiger partial charge in [0.15, 0.2) is 0 Å². The number of rotatable bonds is 5. The minimum atomic E-state index is -0.670. The Morgan fingerprint density at radius 1 is 1.15 bits per heavy atom.